The molecule has 1 heterocycles. The lowest BCUT2D eigenvalue weighted by Gasteiger charge is -2.31. The summed E-state index contributed by atoms with van der Waals surface area (Å²) in [5.74, 6) is 2.81. The highest BCUT2D eigenvalue weighted by Crippen LogP contribution is 2.52. The third-order valence-electron chi connectivity index (χ3n) is 5.09. The summed E-state index contributed by atoms with van der Waals surface area (Å²) >= 11 is 0. The number of aromatic nitrogens is 1. The quantitative estimate of drug-likeness (QED) is 0.867. The Morgan fingerprint density at radius 2 is 2.21 bits per heavy atom. The van der Waals surface area contributed by atoms with Crippen molar-refractivity contribution in [2.75, 3.05) is 6.54 Å². The lowest BCUT2D eigenvalue weighted by molar-refractivity contribution is 0.250. The van der Waals surface area contributed by atoms with Crippen molar-refractivity contribution in [1.82, 2.24) is 10.3 Å². The van der Waals surface area contributed by atoms with Crippen LogP contribution in [0.4, 0.5) is 0 Å². The first kappa shape index (κ1) is 13.1. The van der Waals surface area contributed by atoms with E-state index in [9.17, 15) is 0 Å². The van der Waals surface area contributed by atoms with Gasteiger partial charge in [-0.1, -0.05) is 19.4 Å². The van der Waals surface area contributed by atoms with Crippen molar-refractivity contribution < 1.29 is 0 Å². The van der Waals surface area contributed by atoms with Crippen molar-refractivity contribution in [2.24, 2.45) is 17.8 Å². The predicted octanol–water partition coefficient (Wildman–Crippen LogP) is 3.87. The Labute approximate surface area is 117 Å². The Morgan fingerprint density at radius 1 is 1.32 bits per heavy atom. The van der Waals surface area contributed by atoms with E-state index in [1.54, 1.807) is 0 Å². The van der Waals surface area contributed by atoms with Gasteiger partial charge in [0.1, 0.15) is 0 Å². The summed E-state index contributed by atoms with van der Waals surface area (Å²) in [6.07, 6.45) is 11.1. The van der Waals surface area contributed by atoms with Crippen LogP contribution in [0.25, 0.3) is 0 Å². The van der Waals surface area contributed by atoms with Gasteiger partial charge in [-0.2, -0.15) is 0 Å². The number of rotatable bonds is 5. The highest BCUT2D eigenvalue weighted by atomic mass is 14.9. The van der Waals surface area contributed by atoms with Crippen LogP contribution < -0.4 is 5.32 Å². The zero-order chi connectivity index (χ0) is 13.2. The van der Waals surface area contributed by atoms with Crippen LogP contribution in [0.2, 0.25) is 0 Å². The maximum absolute atomic E-state index is 4.41. The minimum absolute atomic E-state index is 0.530. The molecular weight excluding hydrogens is 232 g/mol. The largest absolute Gasteiger partial charge is 0.310 e. The SMILES string of the molecule is CCCNC(c1cncc(C)c1)C1CC2CCC1C2. The maximum Gasteiger partial charge on any atom is 0.0366 e. The first-order valence-electron chi connectivity index (χ1n) is 7.93. The monoisotopic (exact) mass is 258 g/mol. The van der Waals surface area contributed by atoms with Gasteiger partial charge in [-0.3, -0.25) is 4.98 Å². The Kier molecular flexibility index (Phi) is 3.88. The molecule has 4 atom stereocenters. The number of nitrogens with zero attached hydrogens (tertiary/aromatic N) is 1. The van der Waals surface area contributed by atoms with E-state index in [1.165, 1.54) is 43.2 Å². The summed E-state index contributed by atoms with van der Waals surface area (Å²) < 4.78 is 0. The molecule has 2 aliphatic rings. The van der Waals surface area contributed by atoms with Gasteiger partial charge in [-0.05, 0) is 68.0 Å². The van der Waals surface area contributed by atoms with E-state index >= 15 is 0 Å². The fourth-order valence-electron chi connectivity index (χ4n) is 4.27. The van der Waals surface area contributed by atoms with E-state index in [-0.39, 0.29) is 0 Å². The smallest absolute Gasteiger partial charge is 0.0366 e. The standard InChI is InChI=1S/C17H26N2/c1-3-6-19-17(15-7-12(2)10-18-11-15)16-9-13-4-5-14(16)8-13/h7,10-11,13-14,16-17,19H,3-6,8-9H2,1-2H3. The van der Waals surface area contributed by atoms with E-state index in [1.807, 2.05) is 6.20 Å². The van der Waals surface area contributed by atoms with Gasteiger partial charge >= 0.3 is 0 Å². The van der Waals surface area contributed by atoms with Gasteiger partial charge in [-0.15, -0.1) is 0 Å². The number of hydrogen-bond donors (Lipinski definition) is 1. The maximum atomic E-state index is 4.41. The van der Waals surface area contributed by atoms with Crippen molar-refractivity contribution >= 4 is 0 Å². The molecule has 4 unspecified atom stereocenters. The minimum atomic E-state index is 0.530. The Morgan fingerprint density at radius 3 is 2.84 bits per heavy atom. The third kappa shape index (κ3) is 2.69. The van der Waals surface area contributed by atoms with Crippen molar-refractivity contribution in [3.8, 4) is 0 Å². The molecule has 0 amide bonds. The number of nitrogens with one attached hydrogen (secondary N) is 1. The van der Waals surface area contributed by atoms with Crippen LogP contribution in [0, 0.1) is 24.7 Å². The molecule has 0 radical (unpaired) electrons. The summed E-state index contributed by atoms with van der Waals surface area (Å²) in [6.45, 7) is 5.51. The van der Waals surface area contributed by atoms with Crippen LogP contribution in [-0.4, -0.2) is 11.5 Å². The zero-order valence-corrected chi connectivity index (χ0v) is 12.2. The summed E-state index contributed by atoms with van der Waals surface area (Å²) in [5, 5.41) is 3.80. The number of aryl methyl sites for hydroxylation is 1. The fourth-order valence-corrected chi connectivity index (χ4v) is 4.27. The Hall–Kier alpha value is -0.890. The summed E-state index contributed by atoms with van der Waals surface area (Å²) in [5.41, 5.74) is 2.69. The van der Waals surface area contributed by atoms with Gasteiger partial charge < -0.3 is 5.32 Å². The van der Waals surface area contributed by atoms with Crippen molar-refractivity contribution in [3.63, 3.8) is 0 Å². The van der Waals surface area contributed by atoms with Crippen LogP contribution >= 0.6 is 0 Å². The molecule has 1 aromatic rings. The van der Waals surface area contributed by atoms with E-state index in [4.69, 9.17) is 0 Å². The van der Waals surface area contributed by atoms with Gasteiger partial charge in [0.2, 0.25) is 0 Å². The minimum Gasteiger partial charge on any atom is -0.310 e. The van der Waals surface area contributed by atoms with E-state index in [2.05, 4.69) is 36.4 Å². The highest BCUT2D eigenvalue weighted by molar-refractivity contribution is 5.22. The predicted molar refractivity (Wildman–Crippen MR) is 78.9 cm³/mol. The molecular formula is C17H26N2. The molecule has 0 aliphatic heterocycles. The van der Waals surface area contributed by atoms with Gasteiger partial charge in [-0.25, -0.2) is 0 Å². The second kappa shape index (κ2) is 5.62. The topological polar surface area (TPSA) is 24.9 Å². The summed E-state index contributed by atoms with van der Waals surface area (Å²) in [6, 6.07) is 2.86. The average Bonchev–Trinajstić information content (AvgIpc) is 3.02. The molecule has 2 fully saturated rings. The molecule has 2 nitrogen and oxygen atoms in total. The van der Waals surface area contributed by atoms with Crippen LogP contribution in [-0.2, 0) is 0 Å². The molecule has 2 heteroatoms. The molecule has 3 rings (SSSR count). The fraction of sp³-hybridized carbons (Fsp3) is 0.706. The van der Waals surface area contributed by atoms with Crippen LogP contribution in [0.3, 0.4) is 0 Å². The molecule has 1 N–H and O–H groups in total. The molecule has 2 bridgehead atoms. The molecule has 0 saturated heterocycles. The van der Waals surface area contributed by atoms with E-state index in [0.717, 1.165) is 24.3 Å². The first-order chi connectivity index (χ1) is 9.28. The Bertz CT molecular complexity index is 429. The van der Waals surface area contributed by atoms with Gasteiger partial charge in [0, 0.05) is 18.4 Å². The zero-order valence-electron chi connectivity index (χ0n) is 12.2. The number of pyridine rings is 1. The van der Waals surface area contributed by atoms with E-state index in [0.29, 0.717) is 6.04 Å². The van der Waals surface area contributed by atoms with Crippen LogP contribution in [0.15, 0.2) is 18.5 Å². The average molecular weight is 258 g/mol. The summed E-state index contributed by atoms with van der Waals surface area (Å²) in [7, 11) is 0. The van der Waals surface area contributed by atoms with Crippen molar-refractivity contribution in [1.29, 1.82) is 0 Å². The lowest BCUT2D eigenvalue weighted by atomic mass is 9.80. The molecule has 1 aromatic heterocycles. The molecule has 2 aliphatic carbocycles. The van der Waals surface area contributed by atoms with Crippen molar-refractivity contribution in [3.05, 3.63) is 29.6 Å². The number of hydrogen-bond acceptors (Lipinski definition) is 2. The summed E-state index contributed by atoms with van der Waals surface area (Å²) in [4.78, 5) is 4.41. The number of fused-ring (bicyclic) bond motifs is 2. The highest BCUT2D eigenvalue weighted by Gasteiger charge is 2.43. The molecule has 0 spiro atoms. The van der Waals surface area contributed by atoms with Gasteiger partial charge in [0.05, 0.1) is 0 Å². The van der Waals surface area contributed by atoms with Crippen LogP contribution in [0.1, 0.15) is 56.2 Å². The normalized spacial score (nSPS) is 30.7. The first-order valence-corrected chi connectivity index (χ1v) is 7.93. The molecule has 2 saturated carbocycles. The second-order valence-corrected chi connectivity index (χ2v) is 6.57. The second-order valence-electron chi connectivity index (χ2n) is 6.57. The van der Waals surface area contributed by atoms with Gasteiger partial charge in [0.25, 0.3) is 0 Å². The van der Waals surface area contributed by atoms with Crippen molar-refractivity contribution in [2.45, 2.75) is 52.0 Å². The molecule has 104 valence electrons. The van der Waals surface area contributed by atoms with E-state index < -0.39 is 0 Å². The Balaban J connectivity index is 1.81. The molecule has 0 aromatic carbocycles. The lowest BCUT2D eigenvalue weighted by Crippen LogP contribution is -2.32. The van der Waals surface area contributed by atoms with Gasteiger partial charge in [0.15, 0.2) is 0 Å². The molecule has 19 heavy (non-hydrogen) atoms. The van der Waals surface area contributed by atoms with Crippen LogP contribution in [0.5, 0.6) is 0 Å². The third-order valence-corrected chi connectivity index (χ3v) is 5.09.